The van der Waals surface area contributed by atoms with Crippen molar-refractivity contribution < 1.29 is 68.1 Å². The van der Waals surface area contributed by atoms with Crippen LogP contribution in [0, 0.1) is 34.9 Å². The zero-order valence-corrected chi connectivity index (χ0v) is 72.2. The van der Waals surface area contributed by atoms with Gasteiger partial charge in [-0.3, -0.25) is 37.9 Å². The molecule has 3 aromatic heterocycles. The van der Waals surface area contributed by atoms with Crippen LogP contribution in [0.25, 0.3) is 66.1 Å². The number of halogens is 12. The third-order valence-electron chi connectivity index (χ3n) is 25.5. The fourth-order valence-electron chi connectivity index (χ4n) is 19.4. The second-order valence-corrected chi connectivity index (χ2v) is 35.2. The number of amides is 3. The van der Waals surface area contributed by atoms with E-state index in [4.69, 9.17) is 49.0 Å². The van der Waals surface area contributed by atoms with Gasteiger partial charge in [-0.1, -0.05) is 54.5 Å². The minimum atomic E-state index is -1.63. The predicted octanol–water partition coefficient (Wildman–Crippen LogP) is 13.8. The highest BCUT2D eigenvalue weighted by atomic mass is 35.5. The van der Waals surface area contributed by atoms with Gasteiger partial charge in [0.25, 0.3) is 0 Å². The Morgan fingerprint density at radius 1 is 0.413 bits per heavy atom. The number of hydrogen-bond donors (Lipinski definition) is 0. The highest BCUT2D eigenvalue weighted by molar-refractivity contribution is 6.36. The predicted molar refractivity (Wildman–Crippen MR) is 465 cm³/mol. The smallest absolute Gasteiger partial charge is 0.350 e. The normalized spacial score (nSPS) is 24.2. The summed E-state index contributed by atoms with van der Waals surface area (Å²) in [6.45, 7) is 28.4. The largest absolute Gasteiger partial charge is 0.488 e. The molecule has 6 aromatic carbocycles. The first-order valence-electron chi connectivity index (χ1n) is 42.0. The maximum Gasteiger partial charge on any atom is 0.350 e. The molecule has 0 radical (unpaired) electrons. The molecule has 9 aliphatic rings. The molecule has 0 aliphatic carbocycles. The first-order valence-corrected chi connectivity index (χ1v) is 43.2. The molecular formula is C90H93Cl3F9N15O9. The molecular weight excluding hydrogens is 1710 g/mol. The minimum Gasteiger partial charge on any atom is -0.488 e. The van der Waals surface area contributed by atoms with Gasteiger partial charge in [-0.15, -0.1) is 0 Å². The number of alkyl halides is 3. The van der Waals surface area contributed by atoms with E-state index in [1.165, 1.54) is 51.6 Å². The molecule has 12 atom stereocenters. The summed E-state index contributed by atoms with van der Waals surface area (Å²) in [4.78, 5) is 109. The second-order valence-electron chi connectivity index (χ2n) is 33.9. The lowest BCUT2D eigenvalue weighted by Gasteiger charge is -2.45. The van der Waals surface area contributed by atoms with E-state index in [0.29, 0.717) is 115 Å². The van der Waals surface area contributed by atoms with Crippen molar-refractivity contribution in [1.82, 2.24) is 58.1 Å². The van der Waals surface area contributed by atoms with Crippen molar-refractivity contribution in [2.24, 2.45) is 0 Å². The standard InChI is InChI=1S/C30H30ClF4N5O3.C30H31ClF3N5O3.C30H32ClF2N5O3/c1-4-25(41)38-9-16(3)39(10-15(38)2)29-20-8-21(31)26(19-6-5-17(32)7-22(19)33)28-27(20)40(30(42)36-29)18(14-43-28)11-37-12-23(34)24(35)13-37;1-4-25(40)37-11-17(3)38(12-16(37)2)29-22-10-23(31)26(21-6-5-18(32)9-24(21)34)28-27(22)39(30(41)35-29)20(15-42-28)14-36-8-7-19(33)13-36;1-4-25(39)36-13-18(3)37(14-17(36)2)29-22-12-23(31)26(21-8-7-19(32)11-24(21)33)28-27(22)38(30(40)34-29)20(16-41-28)15-35-9-5-6-10-35/h4-8,15-16,18,23-24H,1,9-14H2,2-3H3;4-6,9-10,16-17,19-20H,1,7-8,11-15H2,2-3H3;4,7-8,11-12,17-18,20H,1,5-6,9-10,13-16H2,2-3H3/t15-,16+,18?,23?,24?;16-,17+,19?,20?;17-,18+,20?/m111/s1. The lowest BCUT2D eigenvalue weighted by Crippen LogP contribution is -2.58. The van der Waals surface area contributed by atoms with Gasteiger partial charge < -0.3 is 48.5 Å². The third-order valence-corrected chi connectivity index (χ3v) is 26.4. The van der Waals surface area contributed by atoms with Crippen LogP contribution < -0.4 is 46.0 Å². The third kappa shape index (κ3) is 16.6. The van der Waals surface area contributed by atoms with Crippen molar-refractivity contribution >= 4 is 103 Å². The molecule has 6 unspecified atom stereocenters. The topological polar surface area (TPSA) is 213 Å². The van der Waals surface area contributed by atoms with Gasteiger partial charge in [0.1, 0.15) is 90.7 Å². The molecule has 0 spiro atoms. The Morgan fingerprint density at radius 3 is 1.02 bits per heavy atom. The molecule has 9 aromatic rings. The summed E-state index contributed by atoms with van der Waals surface area (Å²) in [5, 5.41) is 2.02. The molecule has 6 saturated heterocycles. The van der Waals surface area contributed by atoms with Crippen LogP contribution in [-0.4, -0.2) is 249 Å². The Morgan fingerprint density at radius 2 is 0.722 bits per heavy atom. The Balaban J connectivity index is 0.000000139. The number of piperazine rings is 3. The van der Waals surface area contributed by atoms with Gasteiger partial charge in [0.05, 0.1) is 49.7 Å². The zero-order chi connectivity index (χ0) is 89.6. The molecule has 24 nitrogen and oxygen atoms in total. The van der Waals surface area contributed by atoms with E-state index in [9.17, 15) is 55.1 Å². The van der Waals surface area contributed by atoms with Crippen LogP contribution in [0.4, 0.5) is 57.0 Å². The van der Waals surface area contributed by atoms with Crippen LogP contribution in [0.2, 0.25) is 15.1 Å². The summed E-state index contributed by atoms with van der Waals surface area (Å²) in [5.74, 6) is -3.48. The molecule has 0 saturated carbocycles. The van der Waals surface area contributed by atoms with Crippen molar-refractivity contribution in [3.8, 4) is 50.6 Å². The number of rotatable bonds is 15. The van der Waals surface area contributed by atoms with E-state index < -0.39 is 82.6 Å². The summed E-state index contributed by atoms with van der Waals surface area (Å²) < 4.78 is 152. The van der Waals surface area contributed by atoms with Crippen molar-refractivity contribution in [3.63, 3.8) is 0 Å². The van der Waals surface area contributed by atoms with Gasteiger partial charge >= 0.3 is 17.1 Å². The van der Waals surface area contributed by atoms with Crippen LogP contribution in [-0.2, 0) is 14.4 Å². The van der Waals surface area contributed by atoms with Crippen LogP contribution >= 0.6 is 34.8 Å². The minimum absolute atomic E-state index is 0.0160. The van der Waals surface area contributed by atoms with Gasteiger partial charge in [-0.25, -0.2) is 53.9 Å². The van der Waals surface area contributed by atoms with E-state index in [-0.39, 0.29) is 172 Å². The van der Waals surface area contributed by atoms with Crippen molar-refractivity contribution in [1.29, 1.82) is 0 Å². The molecule has 0 N–H and O–H groups in total. The fraction of sp³-hybridized carbons (Fsp3) is 0.433. The highest BCUT2D eigenvalue weighted by Gasteiger charge is 2.44. The van der Waals surface area contributed by atoms with E-state index in [1.54, 1.807) is 42.4 Å². The van der Waals surface area contributed by atoms with E-state index in [2.05, 4.69) is 39.6 Å². The van der Waals surface area contributed by atoms with Crippen LogP contribution in [0.15, 0.2) is 125 Å². The number of hydrogen-bond acceptors (Lipinski definition) is 18. The van der Waals surface area contributed by atoms with E-state index in [1.807, 2.05) is 61.1 Å². The monoisotopic (exact) mass is 1800 g/mol. The molecule has 126 heavy (non-hydrogen) atoms. The summed E-state index contributed by atoms with van der Waals surface area (Å²) >= 11 is 20.4. The summed E-state index contributed by atoms with van der Waals surface area (Å²) in [6, 6.07) is 11.8. The van der Waals surface area contributed by atoms with Gasteiger partial charge in [0, 0.05) is 189 Å². The van der Waals surface area contributed by atoms with E-state index in [0.717, 1.165) is 56.3 Å². The second kappa shape index (κ2) is 35.8. The molecule has 9 aliphatic heterocycles. The van der Waals surface area contributed by atoms with Crippen molar-refractivity contribution in [3.05, 3.63) is 192 Å². The first-order chi connectivity index (χ1) is 60.2. The fourth-order valence-corrected chi connectivity index (χ4v) is 20.3. The molecule has 6 fully saturated rings. The Bertz CT molecular complexity index is 6080. The van der Waals surface area contributed by atoms with Gasteiger partial charge in [-0.2, -0.15) is 15.0 Å². The number of likely N-dealkylation sites (tertiary alicyclic amines) is 3. The average molecular weight is 1810 g/mol. The SMILES string of the molecule is C=CC(=O)N1C[C@H](C)N(c2nc(=O)n3c4c(c(-c5ccc(F)cc5F)c(Cl)cc24)OCC3CN2CC(F)C(F)C2)C[C@H]1C.C=CC(=O)N1C[C@H](C)N(c2nc(=O)n3c4c(c(-c5ccc(F)cc5F)c(Cl)cc24)OCC3CN2CCC(F)C2)C[C@H]1C.C=CC(=O)N1C[C@H](C)N(c2nc(=O)n3c4c(c(-c5ccc(F)cc5F)c(Cl)cc24)OCC3CN2CCCC2)C[C@H]1C. The highest BCUT2D eigenvalue weighted by Crippen LogP contribution is 2.52. The molecule has 12 heterocycles. The van der Waals surface area contributed by atoms with Crippen LogP contribution in [0.1, 0.15) is 78.9 Å². The molecule has 0 bridgehead atoms. The van der Waals surface area contributed by atoms with E-state index >= 15 is 13.2 Å². The van der Waals surface area contributed by atoms with Gasteiger partial charge in [-0.05, 0) is 147 Å². The maximum absolute atomic E-state index is 15.1. The van der Waals surface area contributed by atoms with Crippen molar-refractivity contribution in [2.75, 3.05) is 133 Å². The Kier molecular flexibility index (Phi) is 25.2. The van der Waals surface area contributed by atoms with Crippen LogP contribution in [0.3, 0.4) is 0 Å². The number of aromatic nitrogens is 6. The zero-order valence-electron chi connectivity index (χ0n) is 70.0. The lowest BCUT2D eigenvalue weighted by molar-refractivity contribution is -0.129. The summed E-state index contributed by atoms with van der Waals surface area (Å²) in [5.41, 5.74) is 0.322. The van der Waals surface area contributed by atoms with Crippen molar-refractivity contribution in [2.45, 2.75) is 134 Å². The quantitative estimate of drug-likeness (QED) is 0.0689. The number of ether oxygens (including phenoxy) is 3. The Hall–Kier alpha value is -10.7. The molecule has 36 heteroatoms. The first kappa shape index (κ1) is 88.7. The summed E-state index contributed by atoms with van der Waals surface area (Å²) in [7, 11) is 0. The van der Waals surface area contributed by atoms with Gasteiger partial charge in [0.15, 0.2) is 17.2 Å². The maximum atomic E-state index is 15.1. The van der Waals surface area contributed by atoms with Gasteiger partial charge in [0.2, 0.25) is 17.7 Å². The summed E-state index contributed by atoms with van der Waals surface area (Å²) in [6.07, 6.45) is 2.29. The molecule has 18 rings (SSSR count). The number of anilines is 3. The van der Waals surface area contributed by atoms with Crippen LogP contribution in [0.5, 0.6) is 17.2 Å². The average Bonchev–Trinajstić information content (AvgIpc) is 0.877. The number of carbonyl (C=O) groups is 3. The lowest BCUT2D eigenvalue weighted by atomic mass is 9.99. The number of benzene rings is 6. The number of nitrogens with zero attached hydrogens (tertiary/aromatic N) is 15. The number of carbonyl (C=O) groups excluding carboxylic acids is 3. The Labute approximate surface area is 734 Å². The molecule has 666 valence electrons. The molecule has 3 amide bonds.